The molecule has 3 rings (SSSR count). The second kappa shape index (κ2) is 11.6. The molecule has 0 radical (unpaired) electrons. The van der Waals surface area contributed by atoms with E-state index in [0.717, 1.165) is 38.9 Å². The van der Waals surface area contributed by atoms with E-state index in [-0.39, 0.29) is 41.5 Å². The van der Waals surface area contributed by atoms with Gasteiger partial charge in [0, 0.05) is 37.8 Å². The number of nitrogens with one attached hydrogen (secondary N) is 1. The molecule has 7 nitrogen and oxygen atoms in total. The van der Waals surface area contributed by atoms with Crippen molar-refractivity contribution in [1.82, 2.24) is 10.2 Å². The summed E-state index contributed by atoms with van der Waals surface area (Å²) in [6.45, 7) is 5.74. The standard InChI is InChI=1S/C21H32N4O3.HI/c1-2-28-20(26)25-12-8-18(9-13-25)24-19(22)23-16-21(10-14-27-15-11-21)17-6-4-3-5-7-17;/h3-7,18H,2,8-16H2,1H3,(H3,22,23,24);1H. The maximum atomic E-state index is 11.8. The van der Waals surface area contributed by atoms with Crippen molar-refractivity contribution in [2.45, 2.75) is 44.1 Å². The van der Waals surface area contributed by atoms with Crippen molar-refractivity contribution >= 4 is 36.0 Å². The molecule has 1 amide bonds. The quantitative estimate of drug-likeness (QED) is 0.357. The number of guanidine groups is 1. The zero-order chi connectivity index (χ0) is 19.8. The Morgan fingerprint density at radius 1 is 1.28 bits per heavy atom. The van der Waals surface area contributed by atoms with Gasteiger partial charge in [0.15, 0.2) is 5.96 Å². The van der Waals surface area contributed by atoms with Gasteiger partial charge < -0.3 is 25.4 Å². The number of carbonyl (C=O) groups excluding carboxylic acids is 1. The minimum atomic E-state index is -0.230. The molecule has 2 heterocycles. The number of likely N-dealkylation sites (tertiary alicyclic amines) is 1. The Labute approximate surface area is 190 Å². The van der Waals surface area contributed by atoms with Gasteiger partial charge in [-0.25, -0.2) is 4.79 Å². The first-order chi connectivity index (χ1) is 13.6. The molecule has 2 aliphatic heterocycles. The molecule has 2 fully saturated rings. The predicted molar refractivity (Wildman–Crippen MR) is 125 cm³/mol. The molecule has 0 aromatic heterocycles. The van der Waals surface area contributed by atoms with E-state index in [2.05, 4.69) is 29.6 Å². The van der Waals surface area contributed by atoms with Gasteiger partial charge in [-0.3, -0.25) is 4.99 Å². The Balaban J connectivity index is 0.00000300. The van der Waals surface area contributed by atoms with Crippen molar-refractivity contribution in [1.29, 1.82) is 0 Å². The van der Waals surface area contributed by atoms with E-state index in [1.807, 2.05) is 13.0 Å². The highest BCUT2D eigenvalue weighted by atomic mass is 127. The number of hydrogen-bond acceptors (Lipinski definition) is 4. The van der Waals surface area contributed by atoms with Crippen LogP contribution < -0.4 is 11.1 Å². The summed E-state index contributed by atoms with van der Waals surface area (Å²) in [6, 6.07) is 10.8. The van der Waals surface area contributed by atoms with Gasteiger partial charge in [-0.2, -0.15) is 0 Å². The topological polar surface area (TPSA) is 89.2 Å². The highest BCUT2D eigenvalue weighted by molar-refractivity contribution is 14.0. The van der Waals surface area contributed by atoms with Crippen LogP contribution in [0.1, 0.15) is 38.2 Å². The van der Waals surface area contributed by atoms with E-state index < -0.39 is 0 Å². The Kier molecular flexibility index (Phi) is 9.48. The van der Waals surface area contributed by atoms with Crippen LogP contribution in [0.25, 0.3) is 0 Å². The third-order valence-electron chi connectivity index (χ3n) is 5.76. The molecule has 3 N–H and O–H groups in total. The van der Waals surface area contributed by atoms with Crippen molar-refractivity contribution in [3.63, 3.8) is 0 Å². The maximum Gasteiger partial charge on any atom is 0.409 e. The Bertz CT molecular complexity index is 657. The number of nitrogens with zero attached hydrogens (tertiary/aromatic N) is 2. The van der Waals surface area contributed by atoms with E-state index in [9.17, 15) is 4.79 Å². The van der Waals surface area contributed by atoms with Crippen molar-refractivity contribution in [2.75, 3.05) is 39.5 Å². The fourth-order valence-electron chi connectivity index (χ4n) is 4.00. The number of ether oxygens (including phenoxy) is 2. The lowest BCUT2D eigenvalue weighted by molar-refractivity contribution is 0.0531. The molecule has 0 bridgehead atoms. The number of nitrogens with two attached hydrogens (primary N) is 1. The SMILES string of the molecule is CCOC(=O)N1CCC(NC(N)=NCC2(c3ccccc3)CCOCC2)CC1.I. The van der Waals surface area contributed by atoms with Gasteiger partial charge in [-0.05, 0) is 38.2 Å². The van der Waals surface area contributed by atoms with E-state index in [1.165, 1.54) is 5.56 Å². The zero-order valence-electron chi connectivity index (χ0n) is 17.1. The number of aliphatic imine (C=N–C) groups is 1. The van der Waals surface area contributed by atoms with E-state index in [4.69, 9.17) is 20.2 Å². The number of halogens is 1. The molecule has 162 valence electrons. The summed E-state index contributed by atoms with van der Waals surface area (Å²) in [7, 11) is 0. The summed E-state index contributed by atoms with van der Waals surface area (Å²) in [6.07, 6.45) is 3.35. The second-order valence-electron chi connectivity index (χ2n) is 7.56. The Hall–Kier alpha value is -1.55. The molecule has 8 heteroatoms. The first kappa shape index (κ1) is 23.7. The van der Waals surface area contributed by atoms with Crippen LogP contribution in [0.5, 0.6) is 0 Å². The van der Waals surface area contributed by atoms with Crippen LogP contribution in [-0.2, 0) is 14.9 Å². The summed E-state index contributed by atoms with van der Waals surface area (Å²) >= 11 is 0. The molecule has 2 saturated heterocycles. The first-order valence-electron chi connectivity index (χ1n) is 10.2. The van der Waals surface area contributed by atoms with Crippen LogP contribution in [0.2, 0.25) is 0 Å². The molecule has 0 spiro atoms. The number of rotatable bonds is 5. The summed E-state index contributed by atoms with van der Waals surface area (Å²) < 4.78 is 10.6. The molecular formula is C21H33IN4O3. The molecule has 0 saturated carbocycles. The zero-order valence-corrected chi connectivity index (χ0v) is 19.5. The largest absolute Gasteiger partial charge is 0.450 e. The average Bonchev–Trinajstić information content (AvgIpc) is 2.74. The van der Waals surface area contributed by atoms with Gasteiger partial charge in [0.05, 0.1) is 13.2 Å². The number of hydrogen-bond donors (Lipinski definition) is 2. The van der Waals surface area contributed by atoms with Crippen molar-refractivity contribution < 1.29 is 14.3 Å². The number of benzene rings is 1. The monoisotopic (exact) mass is 516 g/mol. The molecular weight excluding hydrogens is 483 g/mol. The van der Waals surface area contributed by atoms with Gasteiger partial charge >= 0.3 is 6.09 Å². The van der Waals surface area contributed by atoms with Crippen LogP contribution in [0, 0.1) is 0 Å². The first-order valence-corrected chi connectivity index (χ1v) is 10.2. The molecule has 0 unspecified atom stereocenters. The third-order valence-corrected chi connectivity index (χ3v) is 5.76. The highest BCUT2D eigenvalue weighted by Gasteiger charge is 2.34. The average molecular weight is 516 g/mol. The van der Waals surface area contributed by atoms with Crippen molar-refractivity contribution in [2.24, 2.45) is 10.7 Å². The van der Waals surface area contributed by atoms with Crippen LogP contribution >= 0.6 is 24.0 Å². The fraction of sp³-hybridized carbons (Fsp3) is 0.619. The van der Waals surface area contributed by atoms with Crippen LogP contribution in [0.3, 0.4) is 0 Å². The summed E-state index contributed by atoms with van der Waals surface area (Å²) in [5.74, 6) is 0.483. The van der Waals surface area contributed by atoms with Gasteiger partial charge in [-0.15, -0.1) is 24.0 Å². The lowest BCUT2D eigenvalue weighted by atomic mass is 9.74. The maximum absolute atomic E-state index is 11.8. The lowest BCUT2D eigenvalue weighted by Gasteiger charge is -2.37. The summed E-state index contributed by atoms with van der Waals surface area (Å²) in [4.78, 5) is 18.2. The van der Waals surface area contributed by atoms with Crippen LogP contribution in [-0.4, -0.2) is 62.4 Å². The van der Waals surface area contributed by atoms with Crippen LogP contribution in [0.4, 0.5) is 4.79 Å². The van der Waals surface area contributed by atoms with E-state index >= 15 is 0 Å². The van der Waals surface area contributed by atoms with Crippen molar-refractivity contribution in [3.05, 3.63) is 35.9 Å². The molecule has 0 aliphatic carbocycles. The van der Waals surface area contributed by atoms with E-state index in [0.29, 0.717) is 32.2 Å². The Morgan fingerprint density at radius 3 is 2.55 bits per heavy atom. The second-order valence-corrected chi connectivity index (χ2v) is 7.56. The highest BCUT2D eigenvalue weighted by Crippen LogP contribution is 2.35. The Morgan fingerprint density at radius 2 is 1.93 bits per heavy atom. The van der Waals surface area contributed by atoms with Gasteiger partial charge in [0.2, 0.25) is 0 Å². The predicted octanol–water partition coefficient (Wildman–Crippen LogP) is 2.88. The smallest absolute Gasteiger partial charge is 0.409 e. The van der Waals surface area contributed by atoms with Crippen molar-refractivity contribution in [3.8, 4) is 0 Å². The molecule has 2 aliphatic rings. The number of amides is 1. The minimum Gasteiger partial charge on any atom is -0.450 e. The molecule has 0 atom stereocenters. The lowest BCUT2D eigenvalue weighted by Crippen LogP contribution is -2.49. The van der Waals surface area contributed by atoms with E-state index in [1.54, 1.807) is 4.90 Å². The molecule has 29 heavy (non-hydrogen) atoms. The summed E-state index contributed by atoms with van der Waals surface area (Å²) in [5.41, 5.74) is 7.49. The number of carbonyl (C=O) groups is 1. The number of piperidine rings is 1. The molecule has 1 aromatic rings. The van der Waals surface area contributed by atoms with Gasteiger partial charge in [-0.1, -0.05) is 30.3 Å². The van der Waals surface area contributed by atoms with Crippen LogP contribution in [0.15, 0.2) is 35.3 Å². The summed E-state index contributed by atoms with van der Waals surface area (Å²) in [5, 5.41) is 3.34. The normalized spacial score (nSPS) is 19.9. The molecule has 1 aromatic carbocycles. The van der Waals surface area contributed by atoms with Gasteiger partial charge in [0.1, 0.15) is 0 Å². The minimum absolute atomic E-state index is 0. The van der Waals surface area contributed by atoms with Gasteiger partial charge in [0.25, 0.3) is 0 Å². The fourth-order valence-corrected chi connectivity index (χ4v) is 4.00. The third kappa shape index (κ3) is 6.47.